The van der Waals surface area contributed by atoms with Crippen LogP contribution in [0, 0.1) is 47.3 Å². The van der Waals surface area contributed by atoms with Crippen molar-refractivity contribution < 1.29 is 64.0 Å². The fraction of sp³-hybridized carbons (Fsp3) is 0.811. The first kappa shape index (κ1) is 42.7. The molecule has 5 fully saturated rings. The maximum Gasteiger partial charge on any atom is 0.253 e. The van der Waals surface area contributed by atoms with Gasteiger partial charge in [0.2, 0.25) is 5.79 Å². The van der Waals surface area contributed by atoms with Gasteiger partial charge in [-0.25, -0.2) is 0 Å². The van der Waals surface area contributed by atoms with E-state index in [1.165, 1.54) is 14.2 Å². The maximum absolute atomic E-state index is 14.5. The van der Waals surface area contributed by atoms with Gasteiger partial charge >= 0.3 is 0 Å². The molecule has 0 aromatic rings. The summed E-state index contributed by atoms with van der Waals surface area (Å²) in [5, 5.41) is 75.5. The minimum absolute atomic E-state index is 0.0313. The molecule has 19 nitrogen and oxygen atoms in total. The van der Waals surface area contributed by atoms with Crippen LogP contribution < -0.4 is 22.1 Å². The summed E-state index contributed by atoms with van der Waals surface area (Å²) in [5.41, 5.74) is 9.21. The molecule has 0 radical (unpaired) electrons. The van der Waals surface area contributed by atoms with E-state index in [0.29, 0.717) is 25.8 Å². The van der Waals surface area contributed by atoms with Crippen LogP contribution >= 0.6 is 0 Å². The molecule has 3 heterocycles. The topological polar surface area (TPSA) is 309 Å². The number of imide groups is 1. The van der Waals surface area contributed by atoms with Crippen LogP contribution in [-0.2, 0) is 33.4 Å². The number of hydrogen-bond acceptors (Lipinski definition) is 16. The Morgan fingerprint density at radius 1 is 1.05 bits per heavy atom. The summed E-state index contributed by atoms with van der Waals surface area (Å²) in [4.78, 5) is 58.7. The number of piperidine rings is 1. The third kappa shape index (κ3) is 7.68. The van der Waals surface area contributed by atoms with E-state index in [1.54, 1.807) is 0 Å². The number of aliphatic hydroxyl groups excluding tert-OH is 4. The van der Waals surface area contributed by atoms with Crippen molar-refractivity contribution in [2.45, 2.75) is 99.8 Å². The van der Waals surface area contributed by atoms with Crippen molar-refractivity contribution in [2.24, 2.45) is 63.8 Å². The molecule has 3 saturated carbocycles. The highest BCUT2D eigenvalue weighted by Gasteiger charge is 2.66. The Morgan fingerprint density at radius 3 is 2.36 bits per heavy atom. The molecule has 314 valence electrons. The number of nitrogens with one attached hydrogen (secondary N) is 2. The first-order chi connectivity index (χ1) is 26.5. The molecule has 19 heteroatoms. The summed E-state index contributed by atoms with van der Waals surface area (Å²) in [6.07, 6.45) is -6.61. The highest BCUT2D eigenvalue weighted by Crippen LogP contribution is 2.51. The number of carbonyl (C=O) groups excluding carboxylic acids is 4. The van der Waals surface area contributed by atoms with Gasteiger partial charge in [-0.05, 0) is 56.4 Å². The van der Waals surface area contributed by atoms with Crippen LogP contribution in [-0.4, -0.2) is 160 Å². The molecular formula is C37H58N6O13. The SMILES string of the molecule is CN=C(N)NCC1C(C)CC2C(=O)C3CC(OC)CC(OC4OC(O)(CO)C(O)(CC(CN5C(=O)C=CC5=O)C5CCNC(N)C5)C(O)C4O)C3C(=O)C2C1O. The third-order valence-corrected chi connectivity index (χ3v) is 13.6. The average Bonchev–Trinajstić information content (AvgIpc) is 3.49. The molecule has 6 aliphatic rings. The van der Waals surface area contributed by atoms with Crippen LogP contribution in [0.1, 0.15) is 45.4 Å². The normalized spacial score (nSPS) is 45.1. The molecule has 3 aliphatic carbocycles. The van der Waals surface area contributed by atoms with E-state index in [0.717, 1.165) is 17.1 Å². The number of nitrogens with zero attached hydrogens (tertiary/aromatic N) is 2. The van der Waals surface area contributed by atoms with E-state index in [2.05, 4.69) is 15.6 Å². The molecular weight excluding hydrogens is 736 g/mol. The first-order valence-electron chi connectivity index (χ1n) is 19.5. The Balaban J connectivity index is 1.25. The van der Waals surface area contributed by atoms with E-state index in [9.17, 15) is 49.8 Å². The second kappa shape index (κ2) is 16.7. The van der Waals surface area contributed by atoms with Crippen molar-refractivity contribution in [2.75, 3.05) is 40.4 Å². The second-order valence-corrected chi connectivity index (χ2v) is 16.6. The number of fused-ring (bicyclic) bond motifs is 2. The predicted molar refractivity (Wildman–Crippen MR) is 194 cm³/mol. The zero-order valence-electron chi connectivity index (χ0n) is 32.0. The number of ether oxygens (including phenoxy) is 3. The zero-order valence-corrected chi connectivity index (χ0v) is 32.0. The summed E-state index contributed by atoms with van der Waals surface area (Å²) in [6.45, 7) is 1.07. The van der Waals surface area contributed by atoms with Crippen LogP contribution in [0.25, 0.3) is 0 Å². The number of guanidine groups is 1. The minimum Gasteiger partial charge on any atom is -0.392 e. The minimum atomic E-state index is -2.98. The molecule has 12 N–H and O–H groups in total. The van der Waals surface area contributed by atoms with Gasteiger partial charge in [-0.15, -0.1) is 0 Å². The van der Waals surface area contributed by atoms with Gasteiger partial charge in [0.25, 0.3) is 11.8 Å². The van der Waals surface area contributed by atoms with E-state index in [-0.39, 0.29) is 49.5 Å². The Labute approximate surface area is 324 Å². The number of Topliss-reactive ketones (excluding diaryl/α,β-unsaturated/α-hetero) is 2. The van der Waals surface area contributed by atoms with Crippen LogP contribution in [0.3, 0.4) is 0 Å². The molecule has 3 aliphatic heterocycles. The molecule has 0 aromatic heterocycles. The number of rotatable bonds is 11. The zero-order chi connectivity index (χ0) is 40.9. The average molecular weight is 795 g/mol. The van der Waals surface area contributed by atoms with Crippen LogP contribution in [0.15, 0.2) is 17.1 Å². The molecule has 6 rings (SSSR count). The maximum atomic E-state index is 14.5. The lowest BCUT2D eigenvalue weighted by molar-refractivity contribution is -0.437. The smallest absolute Gasteiger partial charge is 0.253 e. The second-order valence-electron chi connectivity index (χ2n) is 16.6. The summed E-state index contributed by atoms with van der Waals surface area (Å²) in [7, 11) is 2.95. The van der Waals surface area contributed by atoms with Gasteiger partial charge in [-0.1, -0.05) is 6.92 Å². The molecule has 0 spiro atoms. The lowest BCUT2D eigenvalue weighted by Crippen LogP contribution is -2.75. The van der Waals surface area contributed by atoms with Crippen molar-refractivity contribution in [1.29, 1.82) is 0 Å². The summed E-state index contributed by atoms with van der Waals surface area (Å²) < 4.78 is 17.7. The largest absolute Gasteiger partial charge is 0.392 e. The van der Waals surface area contributed by atoms with Gasteiger partial charge in [-0.2, -0.15) is 0 Å². The lowest BCUT2D eigenvalue weighted by Gasteiger charge is -2.55. The number of nitrogens with two attached hydrogens (primary N) is 2. The molecule has 56 heavy (non-hydrogen) atoms. The van der Waals surface area contributed by atoms with Crippen molar-refractivity contribution in [3.8, 4) is 0 Å². The van der Waals surface area contributed by atoms with Crippen molar-refractivity contribution in [3.63, 3.8) is 0 Å². The van der Waals surface area contributed by atoms with Gasteiger partial charge in [0.15, 0.2) is 12.2 Å². The number of amides is 2. The van der Waals surface area contributed by atoms with Gasteiger partial charge in [0.1, 0.15) is 36.0 Å². The number of aliphatic hydroxyl groups is 6. The highest BCUT2D eigenvalue weighted by molar-refractivity contribution is 6.12. The van der Waals surface area contributed by atoms with Crippen molar-refractivity contribution in [1.82, 2.24) is 15.5 Å². The van der Waals surface area contributed by atoms with Gasteiger partial charge in [0.05, 0.1) is 36.3 Å². The fourth-order valence-corrected chi connectivity index (χ4v) is 10.3. The van der Waals surface area contributed by atoms with Crippen LogP contribution in [0.2, 0.25) is 0 Å². The van der Waals surface area contributed by atoms with E-state index < -0.39 is 120 Å². The lowest BCUT2D eigenvalue weighted by atomic mass is 9.53. The predicted octanol–water partition coefficient (Wildman–Crippen LogP) is -3.95. The number of hydrogen-bond donors (Lipinski definition) is 10. The third-order valence-electron chi connectivity index (χ3n) is 13.6. The first-order valence-corrected chi connectivity index (χ1v) is 19.5. The Hall–Kier alpha value is -2.95. The number of ketones is 2. The Morgan fingerprint density at radius 2 is 1.73 bits per heavy atom. The van der Waals surface area contributed by atoms with Gasteiger partial charge < -0.3 is 67.0 Å². The standard InChI is InChI=1S/C37H58N6O13/c1-16-8-20-28(30(48)22(16)13-42-35(39)40-2)31(49)27-21(29(20)47)10-19(54-3)11-23(27)55-34-32(50)33(51)36(52,37(53,15-44)56-34)12-18(17-6-7-41-24(38)9-17)14-43-25(45)4-5-26(43)46/h4-5,16-24,27-28,30,32-34,41,44,48,50-53H,6-15,38H2,1-3H3,(H3,39,40,42). The Bertz CT molecular complexity index is 1550. The van der Waals surface area contributed by atoms with E-state index in [1.807, 2.05) is 6.92 Å². The van der Waals surface area contributed by atoms with E-state index in [4.69, 9.17) is 25.7 Å². The van der Waals surface area contributed by atoms with Crippen LogP contribution in [0.4, 0.5) is 0 Å². The van der Waals surface area contributed by atoms with Gasteiger partial charge in [0, 0.05) is 63.6 Å². The number of methoxy groups -OCH3 is 1. The summed E-state index contributed by atoms with van der Waals surface area (Å²) in [5.74, 6) is -10.2. The molecule has 0 aromatic carbocycles. The molecule has 17 atom stereocenters. The molecule has 2 amide bonds. The highest BCUT2D eigenvalue weighted by atomic mass is 16.8. The summed E-state index contributed by atoms with van der Waals surface area (Å²) >= 11 is 0. The molecule has 2 saturated heterocycles. The number of carbonyl (C=O) groups is 4. The van der Waals surface area contributed by atoms with E-state index >= 15 is 0 Å². The monoisotopic (exact) mass is 794 g/mol. The Kier molecular flexibility index (Phi) is 12.7. The molecule has 17 unspecified atom stereocenters. The van der Waals surface area contributed by atoms with Crippen LogP contribution in [0.5, 0.6) is 0 Å². The molecule has 0 bridgehead atoms. The fourth-order valence-electron chi connectivity index (χ4n) is 10.3. The van der Waals surface area contributed by atoms with Crippen molar-refractivity contribution >= 4 is 29.3 Å². The summed E-state index contributed by atoms with van der Waals surface area (Å²) in [6, 6.07) is 0. The quantitative estimate of drug-likeness (QED) is 0.0542. The number of aliphatic imine (C=N–C) groups is 1. The van der Waals surface area contributed by atoms with Crippen molar-refractivity contribution in [3.05, 3.63) is 12.2 Å². The van der Waals surface area contributed by atoms with Gasteiger partial charge in [-0.3, -0.25) is 29.1 Å².